The Kier molecular flexibility index (Phi) is 10.7. The molecule has 8 heteroatoms. The van der Waals surface area contributed by atoms with Crippen molar-refractivity contribution in [2.45, 2.75) is 111 Å². The zero-order valence-corrected chi connectivity index (χ0v) is 25.8. The Balaban J connectivity index is 1.57. The maximum Gasteiger partial charge on any atom is 0.341 e. The van der Waals surface area contributed by atoms with Crippen molar-refractivity contribution in [2.24, 2.45) is 5.41 Å². The van der Waals surface area contributed by atoms with E-state index in [1.165, 1.54) is 12.3 Å². The van der Waals surface area contributed by atoms with Crippen molar-refractivity contribution in [1.29, 1.82) is 0 Å². The first kappa shape index (κ1) is 32.2. The molecular weight excluding hydrogens is 522 g/mol. The number of hydrogen-bond acceptors (Lipinski definition) is 6. The number of carbonyl (C=O) groups excluding carboxylic acids is 1. The van der Waals surface area contributed by atoms with Gasteiger partial charge >= 0.3 is 11.9 Å². The number of benzene rings is 1. The second kappa shape index (κ2) is 13.6. The van der Waals surface area contributed by atoms with Crippen molar-refractivity contribution in [3.63, 3.8) is 0 Å². The highest BCUT2D eigenvalue weighted by Gasteiger charge is 2.34. The lowest BCUT2D eigenvalue weighted by Gasteiger charge is -2.39. The summed E-state index contributed by atoms with van der Waals surface area (Å²) in [6.45, 7) is 12.6. The van der Waals surface area contributed by atoms with Crippen LogP contribution in [0.15, 0.2) is 29.2 Å². The summed E-state index contributed by atoms with van der Waals surface area (Å²) in [6.07, 6.45) is 9.90. The molecule has 3 rings (SSSR count). The minimum atomic E-state index is -1.22. The lowest BCUT2D eigenvalue weighted by atomic mass is 9.78. The van der Waals surface area contributed by atoms with Crippen molar-refractivity contribution < 1.29 is 28.9 Å². The minimum Gasteiger partial charge on any atom is -0.493 e. The van der Waals surface area contributed by atoms with E-state index < -0.39 is 17.0 Å². The molecule has 0 aliphatic carbocycles. The lowest BCUT2D eigenvalue weighted by molar-refractivity contribution is -0.154. The number of carboxylic acid groups (broad SMARTS) is 1. The van der Waals surface area contributed by atoms with Gasteiger partial charge in [-0.1, -0.05) is 52.9 Å². The summed E-state index contributed by atoms with van der Waals surface area (Å²) in [5, 5.41) is 9.54. The number of methoxy groups -OCH3 is 1. The van der Waals surface area contributed by atoms with Crippen LogP contribution < -0.4 is 14.9 Å². The molecule has 1 unspecified atom stereocenters. The average Bonchev–Trinajstić information content (AvgIpc) is 2.86. The molecule has 8 nitrogen and oxygen atoms in total. The predicted molar refractivity (Wildman–Crippen MR) is 160 cm³/mol. The molecule has 0 spiro atoms. The molecular formula is C33H47NO7. The summed E-state index contributed by atoms with van der Waals surface area (Å²) >= 11 is 0. The number of esters is 1. The zero-order chi connectivity index (χ0) is 30.4. The molecule has 1 atom stereocenters. The monoisotopic (exact) mass is 569 g/mol. The van der Waals surface area contributed by atoms with Crippen LogP contribution in [0, 0.1) is 5.41 Å². The molecule has 0 amide bonds. The van der Waals surface area contributed by atoms with E-state index in [9.17, 15) is 19.5 Å². The molecule has 0 saturated carbocycles. The Morgan fingerprint density at radius 3 is 2.15 bits per heavy atom. The van der Waals surface area contributed by atoms with Gasteiger partial charge in [-0.15, -0.1) is 0 Å². The molecule has 41 heavy (non-hydrogen) atoms. The highest BCUT2D eigenvalue weighted by molar-refractivity contribution is 5.88. The molecule has 0 radical (unpaired) electrons. The van der Waals surface area contributed by atoms with Gasteiger partial charge in [0, 0.05) is 30.3 Å². The highest BCUT2D eigenvalue weighted by atomic mass is 16.6. The number of unbranched alkanes of at least 4 members (excludes halogenated alkanes) is 6. The minimum absolute atomic E-state index is 0.0333. The van der Waals surface area contributed by atoms with Gasteiger partial charge in [-0.2, -0.15) is 0 Å². The number of carbonyl (C=O) groups is 2. The van der Waals surface area contributed by atoms with E-state index in [1.54, 1.807) is 7.11 Å². The van der Waals surface area contributed by atoms with Crippen molar-refractivity contribution in [1.82, 2.24) is 4.57 Å². The third-order valence-electron chi connectivity index (χ3n) is 7.43. The lowest BCUT2D eigenvalue weighted by Crippen LogP contribution is -2.32. The molecule has 2 heterocycles. The van der Waals surface area contributed by atoms with Gasteiger partial charge in [0.05, 0.1) is 19.4 Å². The van der Waals surface area contributed by atoms with Gasteiger partial charge < -0.3 is 23.9 Å². The summed E-state index contributed by atoms with van der Waals surface area (Å²) in [4.78, 5) is 36.1. The Bertz CT molecular complexity index is 1280. The van der Waals surface area contributed by atoms with Gasteiger partial charge in [-0.3, -0.25) is 9.59 Å². The Morgan fingerprint density at radius 1 is 0.927 bits per heavy atom. The highest BCUT2D eigenvalue weighted by Crippen LogP contribution is 2.45. The van der Waals surface area contributed by atoms with Crippen LogP contribution in [0.1, 0.15) is 115 Å². The Hall–Kier alpha value is -3.29. The molecule has 1 aromatic heterocycles. The van der Waals surface area contributed by atoms with Crippen LogP contribution in [-0.4, -0.2) is 40.9 Å². The first-order chi connectivity index (χ1) is 19.2. The normalized spacial score (nSPS) is 14.7. The smallest absolute Gasteiger partial charge is 0.341 e. The molecule has 1 aromatic carbocycles. The van der Waals surface area contributed by atoms with E-state index in [-0.39, 0.29) is 23.0 Å². The van der Waals surface area contributed by atoms with Crippen molar-refractivity contribution in [3.8, 4) is 22.8 Å². The summed E-state index contributed by atoms with van der Waals surface area (Å²) in [6, 6.07) is 5.30. The van der Waals surface area contributed by atoms with Crippen LogP contribution in [-0.2, 0) is 16.0 Å². The number of ether oxygens (including phenoxy) is 3. The van der Waals surface area contributed by atoms with E-state index in [0.29, 0.717) is 36.6 Å². The number of nitrogens with zero attached hydrogens (tertiary/aromatic N) is 1. The summed E-state index contributed by atoms with van der Waals surface area (Å²) in [5.41, 5.74) is 1.28. The molecule has 1 aliphatic rings. The number of aromatic carboxylic acids is 1. The maximum absolute atomic E-state index is 12.6. The first-order valence-electron chi connectivity index (χ1n) is 14.8. The predicted octanol–water partition coefficient (Wildman–Crippen LogP) is 7.21. The molecule has 2 aromatic rings. The van der Waals surface area contributed by atoms with Crippen molar-refractivity contribution in [2.75, 3.05) is 13.7 Å². The SMILES string of the molecule is COc1cc2c(cc1OCCCCCCCCCC(=O)OC(C)(C)C)CC(C(C)(C)C)n1cc(C(=O)O)c(=O)cc1-2. The number of hydrogen-bond donors (Lipinski definition) is 1. The number of carboxylic acids is 1. The second-order valence-electron chi connectivity index (χ2n) is 13.1. The second-order valence-corrected chi connectivity index (χ2v) is 13.1. The van der Waals surface area contributed by atoms with E-state index >= 15 is 0 Å². The number of rotatable bonds is 13. The van der Waals surface area contributed by atoms with Crippen LogP contribution in [0.2, 0.25) is 0 Å². The van der Waals surface area contributed by atoms with E-state index in [4.69, 9.17) is 14.2 Å². The number of fused-ring (bicyclic) bond motifs is 3. The third kappa shape index (κ3) is 8.85. The molecule has 0 saturated heterocycles. The quantitative estimate of drug-likeness (QED) is 0.201. The Labute approximate surface area is 244 Å². The van der Waals surface area contributed by atoms with Crippen LogP contribution in [0.5, 0.6) is 11.5 Å². The third-order valence-corrected chi connectivity index (χ3v) is 7.43. The van der Waals surface area contributed by atoms with Crippen LogP contribution in [0.4, 0.5) is 0 Å². The van der Waals surface area contributed by atoms with Gasteiger partial charge in [0.15, 0.2) is 16.9 Å². The fourth-order valence-corrected chi connectivity index (χ4v) is 5.33. The molecule has 226 valence electrons. The fraction of sp³-hybridized carbons (Fsp3) is 0.606. The van der Waals surface area contributed by atoms with E-state index in [1.807, 2.05) is 37.5 Å². The molecule has 1 aliphatic heterocycles. The van der Waals surface area contributed by atoms with Gasteiger partial charge in [0.2, 0.25) is 0 Å². The Morgan fingerprint density at radius 2 is 1.56 bits per heavy atom. The van der Waals surface area contributed by atoms with E-state index in [0.717, 1.165) is 56.1 Å². The van der Waals surface area contributed by atoms with Gasteiger partial charge in [0.25, 0.3) is 0 Å². The van der Waals surface area contributed by atoms with Gasteiger partial charge in [-0.05, 0) is 63.1 Å². The van der Waals surface area contributed by atoms with Crippen LogP contribution in [0.25, 0.3) is 11.3 Å². The van der Waals surface area contributed by atoms with Gasteiger partial charge in [0.1, 0.15) is 11.2 Å². The van der Waals surface area contributed by atoms with E-state index in [2.05, 4.69) is 20.8 Å². The van der Waals surface area contributed by atoms with Crippen LogP contribution >= 0.6 is 0 Å². The molecule has 1 N–H and O–H groups in total. The first-order valence-corrected chi connectivity index (χ1v) is 14.8. The van der Waals surface area contributed by atoms with Crippen molar-refractivity contribution >= 4 is 11.9 Å². The zero-order valence-electron chi connectivity index (χ0n) is 25.8. The topological polar surface area (TPSA) is 104 Å². The molecule has 0 fully saturated rings. The van der Waals surface area contributed by atoms with Crippen LogP contribution in [0.3, 0.4) is 0 Å². The standard InChI is InChI=1S/C33H47NO7/c1-32(2,3)29-18-22-17-28(40-16-14-12-10-8-9-11-13-15-30(36)41-33(4,5)6)27(39-7)19-23(22)25-20-26(35)24(31(37)38)21-34(25)29/h17,19-21,29H,8-16,18H2,1-7H3,(H,37,38). The number of pyridine rings is 1. The molecule has 0 bridgehead atoms. The summed E-state index contributed by atoms with van der Waals surface area (Å²) < 4.78 is 19.1. The average molecular weight is 570 g/mol. The fourth-order valence-electron chi connectivity index (χ4n) is 5.33. The largest absolute Gasteiger partial charge is 0.493 e. The van der Waals surface area contributed by atoms with Gasteiger partial charge in [-0.25, -0.2) is 4.79 Å². The maximum atomic E-state index is 12.6. The summed E-state index contributed by atoms with van der Waals surface area (Å²) in [5.74, 6) is -0.0711. The van der Waals surface area contributed by atoms with Crippen molar-refractivity contribution in [3.05, 3.63) is 45.7 Å². The number of aromatic nitrogens is 1. The summed E-state index contributed by atoms with van der Waals surface area (Å²) in [7, 11) is 1.60.